The number of nitrogens with one attached hydrogen (secondary N) is 1. The molecule has 0 spiro atoms. The summed E-state index contributed by atoms with van der Waals surface area (Å²) < 4.78 is 0. The highest BCUT2D eigenvalue weighted by atomic mass is 15.2. The Bertz CT molecular complexity index is 250. The van der Waals surface area contributed by atoms with Crippen molar-refractivity contribution in [2.75, 3.05) is 20.1 Å². The zero-order valence-electron chi connectivity index (χ0n) is 10.4. The van der Waals surface area contributed by atoms with Crippen LogP contribution in [0.25, 0.3) is 0 Å². The highest BCUT2D eigenvalue weighted by Gasteiger charge is 2.37. The number of rotatable bonds is 3. The van der Waals surface area contributed by atoms with Crippen LogP contribution in [0.5, 0.6) is 0 Å². The van der Waals surface area contributed by atoms with Crippen LogP contribution in [0.2, 0.25) is 0 Å². The van der Waals surface area contributed by atoms with Crippen LogP contribution in [-0.4, -0.2) is 43.1 Å². The molecule has 2 saturated heterocycles. The molecular formula is C12H24N4. The molecule has 92 valence electrons. The number of hydrogen-bond donors (Lipinski definition) is 2. The van der Waals surface area contributed by atoms with Crippen molar-refractivity contribution >= 4 is 5.96 Å². The molecule has 3 N–H and O–H groups in total. The van der Waals surface area contributed by atoms with Gasteiger partial charge in [-0.1, -0.05) is 0 Å². The minimum absolute atomic E-state index is 0.605. The Hall–Kier alpha value is -0.770. The van der Waals surface area contributed by atoms with Crippen LogP contribution in [0.1, 0.15) is 32.6 Å². The van der Waals surface area contributed by atoms with Crippen LogP contribution >= 0.6 is 0 Å². The minimum atomic E-state index is 0.605. The average Bonchev–Trinajstić information content (AvgIpc) is 2.52. The van der Waals surface area contributed by atoms with Gasteiger partial charge in [0.1, 0.15) is 0 Å². The maximum absolute atomic E-state index is 5.74. The quantitative estimate of drug-likeness (QED) is 0.550. The monoisotopic (exact) mass is 224 g/mol. The molecule has 0 radical (unpaired) electrons. The molecule has 0 aromatic rings. The van der Waals surface area contributed by atoms with E-state index in [9.17, 15) is 0 Å². The SMILES string of the molecule is CCNC(N)=NCC1CC2CCC(C1)N2C. The molecule has 2 aliphatic heterocycles. The first-order valence-corrected chi connectivity index (χ1v) is 6.46. The van der Waals surface area contributed by atoms with Crippen LogP contribution in [-0.2, 0) is 0 Å². The summed E-state index contributed by atoms with van der Waals surface area (Å²) in [5.74, 6) is 1.35. The molecule has 4 nitrogen and oxygen atoms in total. The van der Waals surface area contributed by atoms with Crippen LogP contribution < -0.4 is 11.1 Å². The first-order chi connectivity index (χ1) is 7.70. The highest BCUT2D eigenvalue weighted by Crippen LogP contribution is 2.37. The molecule has 2 atom stereocenters. The fraction of sp³-hybridized carbons (Fsp3) is 0.917. The lowest BCUT2D eigenvalue weighted by Crippen LogP contribution is -2.41. The molecule has 0 amide bonds. The van der Waals surface area contributed by atoms with E-state index >= 15 is 0 Å². The van der Waals surface area contributed by atoms with Crippen molar-refractivity contribution in [3.63, 3.8) is 0 Å². The summed E-state index contributed by atoms with van der Waals surface area (Å²) in [5.41, 5.74) is 5.74. The van der Waals surface area contributed by atoms with E-state index in [0.717, 1.165) is 31.1 Å². The first kappa shape index (κ1) is 11.7. The smallest absolute Gasteiger partial charge is 0.188 e. The lowest BCUT2D eigenvalue weighted by molar-refractivity contribution is 0.137. The van der Waals surface area contributed by atoms with Crippen molar-refractivity contribution in [2.45, 2.75) is 44.7 Å². The van der Waals surface area contributed by atoms with Gasteiger partial charge in [0.2, 0.25) is 0 Å². The molecule has 4 heteroatoms. The number of nitrogens with zero attached hydrogens (tertiary/aromatic N) is 2. The van der Waals surface area contributed by atoms with Gasteiger partial charge in [0.05, 0.1) is 0 Å². The summed E-state index contributed by atoms with van der Waals surface area (Å²) in [4.78, 5) is 6.99. The normalized spacial score (nSPS) is 35.4. The number of piperidine rings is 1. The van der Waals surface area contributed by atoms with E-state index in [2.05, 4.69) is 22.3 Å². The first-order valence-electron chi connectivity index (χ1n) is 6.46. The van der Waals surface area contributed by atoms with E-state index < -0.39 is 0 Å². The van der Waals surface area contributed by atoms with Crippen molar-refractivity contribution < 1.29 is 0 Å². The fourth-order valence-electron chi connectivity index (χ4n) is 3.14. The topological polar surface area (TPSA) is 53.6 Å². The molecule has 0 aromatic heterocycles. The summed E-state index contributed by atoms with van der Waals surface area (Å²) >= 11 is 0. The Balaban J connectivity index is 1.82. The zero-order chi connectivity index (χ0) is 11.5. The van der Waals surface area contributed by atoms with Crippen LogP contribution in [0, 0.1) is 5.92 Å². The molecular weight excluding hydrogens is 200 g/mol. The van der Waals surface area contributed by atoms with Gasteiger partial charge in [-0.2, -0.15) is 0 Å². The average molecular weight is 224 g/mol. The van der Waals surface area contributed by atoms with Crippen molar-refractivity contribution in [3.8, 4) is 0 Å². The van der Waals surface area contributed by atoms with Gasteiger partial charge in [-0.25, -0.2) is 0 Å². The second-order valence-electron chi connectivity index (χ2n) is 5.14. The Labute approximate surface area is 98.3 Å². The summed E-state index contributed by atoms with van der Waals surface area (Å²) in [6.45, 7) is 3.80. The minimum Gasteiger partial charge on any atom is -0.370 e. The Morgan fingerprint density at radius 1 is 1.38 bits per heavy atom. The van der Waals surface area contributed by atoms with Gasteiger partial charge in [-0.05, 0) is 45.6 Å². The molecule has 16 heavy (non-hydrogen) atoms. The predicted octanol–water partition coefficient (Wildman–Crippen LogP) is 0.783. The van der Waals surface area contributed by atoms with Crippen LogP contribution in [0.3, 0.4) is 0 Å². The van der Waals surface area contributed by atoms with E-state index in [-0.39, 0.29) is 0 Å². The standard InChI is InChI=1S/C12H24N4/c1-3-14-12(13)15-8-9-6-10-4-5-11(7-9)16(10)2/h9-11H,3-8H2,1-2H3,(H3,13,14,15). The molecule has 0 aliphatic carbocycles. The fourth-order valence-corrected chi connectivity index (χ4v) is 3.14. The van der Waals surface area contributed by atoms with E-state index in [0.29, 0.717) is 5.96 Å². The molecule has 0 aromatic carbocycles. The molecule has 2 heterocycles. The molecule has 2 unspecified atom stereocenters. The Morgan fingerprint density at radius 3 is 2.56 bits per heavy atom. The molecule has 2 bridgehead atoms. The number of nitrogens with two attached hydrogens (primary N) is 1. The van der Waals surface area contributed by atoms with Gasteiger partial charge in [0, 0.05) is 25.2 Å². The van der Waals surface area contributed by atoms with E-state index in [1.807, 2.05) is 6.92 Å². The van der Waals surface area contributed by atoms with E-state index in [1.165, 1.54) is 25.7 Å². The van der Waals surface area contributed by atoms with Crippen molar-refractivity contribution in [1.29, 1.82) is 0 Å². The molecule has 2 aliphatic rings. The third kappa shape index (κ3) is 2.48. The highest BCUT2D eigenvalue weighted by molar-refractivity contribution is 5.77. The lowest BCUT2D eigenvalue weighted by Gasteiger charge is -2.35. The Kier molecular flexibility index (Phi) is 3.69. The van der Waals surface area contributed by atoms with Crippen LogP contribution in [0.4, 0.5) is 0 Å². The third-order valence-electron chi connectivity index (χ3n) is 4.07. The second-order valence-corrected chi connectivity index (χ2v) is 5.14. The maximum atomic E-state index is 5.74. The van der Waals surface area contributed by atoms with Gasteiger partial charge in [-0.15, -0.1) is 0 Å². The number of hydrogen-bond acceptors (Lipinski definition) is 2. The lowest BCUT2D eigenvalue weighted by atomic mass is 9.91. The third-order valence-corrected chi connectivity index (χ3v) is 4.07. The summed E-state index contributed by atoms with van der Waals surface area (Å²) in [5, 5.41) is 3.05. The van der Waals surface area contributed by atoms with Gasteiger partial charge in [0.15, 0.2) is 5.96 Å². The molecule has 0 saturated carbocycles. The van der Waals surface area contributed by atoms with Crippen LogP contribution in [0.15, 0.2) is 4.99 Å². The van der Waals surface area contributed by atoms with E-state index in [4.69, 9.17) is 5.73 Å². The van der Waals surface area contributed by atoms with E-state index in [1.54, 1.807) is 0 Å². The zero-order valence-corrected chi connectivity index (χ0v) is 10.4. The second kappa shape index (κ2) is 5.04. The number of aliphatic imine (C=N–C) groups is 1. The number of fused-ring (bicyclic) bond motifs is 2. The molecule has 2 fully saturated rings. The largest absolute Gasteiger partial charge is 0.370 e. The van der Waals surface area contributed by atoms with Gasteiger partial charge >= 0.3 is 0 Å². The van der Waals surface area contributed by atoms with Crippen molar-refractivity contribution in [3.05, 3.63) is 0 Å². The number of guanidine groups is 1. The maximum Gasteiger partial charge on any atom is 0.188 e. The van der Waals surface area contributed by atoms with Crippen molar-refractivity contribution in [2.24, 2.45) is 16.6 Å². The summed E-state index contributed by atoms with van der Waals surface area (Å²) in [6, 6.07) is 1.61. The summed E-state index contributed by atoms with van der Waals surface area (Å²) in [7, 11) is 2.27. The van der Waals surface area contributed by atoms with Gasteiger partial charge in [-0.3, -0.25) is 4.99 Å². The van der Waals surface area contributed by atoms with Gasteiger partial charge < -0.3 is 16.0 Å². The summed E-state index contributed by atoms with van der Waals surface area (Å²) in [6.07, 6.45) is 5.36. The van der Waals surface area contributed by atoms with Crippen molar-refractivity contribution in [1.82, 2.24) is 10.2 Å². The Morgan fingerprint density at radius 2 is 2.00 bits per heavy atom. The van der Waals surface area contributed by atoms with Gasteiger partial charge in [0.25, 0.3) is 0 Å². The predicted molar refractivity (Wildman–Crippen MR) is 67.5 cm³/mol. The molecule has 2 rings (SSSR count).